The van der Waals surface area contributed by atoms with Crippen molar-refractivity contribution in [3.63, 3.8) is 0 Å². The van der Waals surface area contributed by atoms with Gasteiger partial charge in [-0.05, 0) is 20.8 Å². The van der Waals surface area contributed by atoms with Crippen LogP contribution in [0.1, 0.15) is 20.8 Å². The lowest BCUT2D eigenvalue weighted by Crippen LogP contribution is -2.46. The van der Waals surface area contributed by atoms with Gasteiger partial charge in [0.1, 0.15) is 5.60 Å². The summed E-state index contributed by atoms with van der Waals surface area (Å²) in [6, 6.07) is -1.27. The Kier molecular flexibility index (Phi) is 10.3. The van der Waals surface area contributed by atoms with Gasteiger partial charge in [-0.1, -0.05) is 12.2 Å². The molecule has 0 aliphatic carbocycles. The third-order valence-corrected chi connectivity index (χ3v) is 3.67. The fourth-order valence-corrected chi connectivity index (χ4v) is 2.46. The number of carbonyl (C=O) groups excluding carboxylic acids is 2. The van der Waals surface area contributed by atoms with Crippen LogP contribution in [0.25, 0.3) is 0 Å². The average Bonchev–Trinajstić information content (AvgIpc) is 2.52. The van der Waals surface area contributed by atoms with Crippen molar-refractivity contribution < 1.29 is 37.2 Å². The van der Waals surface area contributed by atoms with Gasteiger partial charge in [0.05, 0.1) is 26.9 Å². The number of methoxy groups -OCH3 is 1. The second-order valence-corrected chi connectivity index (χ2v) is 7.30. The summed E-state index contributed by atoms with van der Waals surface area (Å²) in [5.41, 5.74) is -0.763. The molecule has 10 heteroatoms. The standard InChI is InChI=1S/C15H26NO8P/c1-7-9-21-25(19,22-10-8-2)23-11-12(13(17)20-6)16-14(18)24-15(3,4)5/h7-8,12H,1-2,9-11H2,3-6H3,(H,16,18)/t12-/m0/s1. The SMILES string of the molecule is C=CCOP(=O)(OCC=C)OC[C@H](NC(=O)OC(C)(C)C)C(=O)OC. The van der Waals surface area contributed by atoms with E-state index < -0.39 is 38.1 Å². The molecule has 0 rings (SSSR count). The van der Waals surface area contributed by atoms with E-state index in [-0.39, 0.29) is 13.2 Å². The molecular weight excluding hydrogens is 353 g/mol. The van der Waals surface area contributed by atoms with E-state index >= 15 is 0 Å². The van der Waals surface area contributed by atoms with Crippen LogP contribution in [-0.2, 0) is 32.4 Å². The quantitative estimate of drug-likeness (QED) is 0.331. The Bertz CT molecular complexity index is 498. The van der Waals surface area contributed by atoms with Crippen LogP contribution in [0.2, 0.25) is 0 Å². The largest absolute Gasteiger partial charge is 0.475 e. The fraction of sp³-hybridized carbons (Fsp3) is 0.600. The van der Waals surface area contributed by atoms with Crippen molar-refractivity contribution in [3.8, 4) is 0 Å². The lowest BCUT2D eigenvalue weighted by molar-refractivity contribution is -0.144. The van der Waals surface area contributed by atoms with Crippen LogP contribution in [0.15, 0.2) is 25.3 Å². The highest BCUT2D eigenvalue weighted by atomic mass is 31.2. The fourth-order valence-electron chi connectivity index (χ4n) is 1.33. The molecule has 0 aromatic rings. The van der Waals surface area contributed by atoms with Crippen molar-refractivity contribution >= 4 is 19.9 Å². The van der Waals surface area contributed by atoms with Crippen molar-refractivity contribution in [1.29, 1.82) is 0 Å². The Morgan fingerprint density at radius 3 is 2.04 bits per heavy atom. The van der Waals surface area contributed by atoms with Gasteiger partial charge in [-0.3, -0.25) is 13.6 Å². The van der Waals surface area contributed by atoms with Crippen LogP contribution in [0.5, 0.6) is 0 Å². The smallest absolute Gasteiger partial charge is 0.467 e. The summed E-state index contributed by atoms with van der Waals surface area (Å²) in [5.74, 6) is -0.815. The molecule has 0 aromatic carbocycles. The molecular formula is C15H26NO8P. The Hall–Kier alpha value is -1.67. The minimum atomic E-state index is -3.98. The number of alkyl carbamates (subject to hydrolysis) is 1. The van der Waals surface area contributed by atoms with Crippen LogP contribution in [0.4, 0.5) is 4.79 Å². The molecule has 144 valence electrons. The van der Waals surface area contributed by atoms with Gasteiger partial charge < -0.3 is 14.8 Å². The van der Waals surface area contributed by atoms with Gasteiger partial charge >= 0.3 is 19.9 Å². The van der Waals surface area contributed by atoms with Gasteiger partial charge in [-0.25, -0.2) is 14.2 Å². The third kappa shape index (κ3) is 10.7. The summed E-state index contributed by atoms with van der Waals surface area (Å²) in [6.07, 6.45) is 1.84. The van der Waals surface area contributed by atoms with E-state index in [0.29, 0.717) is 0 Å². The number of esters is 1. The molecule has 9 nitrogen and oxygen atoms in total. The summed E-state index contributed by atoms with van der Waals surface area (Å²) >= 11 is 0. The monoisotopic (exact) mass is 379 g/mol. The molecule has 0 radical (unpaired) electrons. The summed E-state index contributed by atoms with van der Waals surface area (Å²) in [5, 5.41) is 2.28. The number of hydrogen-bond donors (Lipinski definition) is 1. The zero-order valence-electron chi connectivity index (χ0n) is 15.0. The van der Waals surface area contributed by atoms with Gasteiger partial charge in [0.25, 0.3) is 0 Å². The van der Waals surface area contributed by atoms with E-state index in [4.69, 9.17) is 18.3 Å². The molecule has 0 saturated heterocycles. The van der Waals surface area contributed by atoms with E-state index in [1.807, 2.05) is 0 Å². The summed E-state index contributed by atoms with van der Waals surface area (Å²) in [7, 11) is -2.85. The summed E-state index contributed by atoms with van der Waals surface area (Å²) in [4.78, 5) is 23.6. The molecule has 0 heterocycles. The highest BCUT2D eigenvalue weighted by Gasteiger charge is 2.32. The normalized spacial score (nSPS) is 12.8. The molecule has 0 aliphatic heterocycles. The van der Waals surface area contributed by atoms with E-state index in [0.717, 1.165) is 7.11 Å². The van der Waals surface area contributed by atoms with Crippen molar-refractivity contribution in [2.45, 2.75) is 32.4 Å². The highest BCUT2D eigenvalue weighted by molar-refractivity contribution is 7.48. The van der Waals surface area contributed by atoms with Crippen LogP contribution in [0, 0.1) is 0 Å². The van der Waals surface area contributed by atoms with E-state index in [2.05, 4.69) is 23.2 Å². The highest BCUT2D eigenvalue weighted by Crippen LogP contribution is 2.49. The van der Waals surface area contributed by atoms with E-state index in [1.54, 1.807) is 20.8 Å². The number of hydrogen-bond acceptors (Lipinski definition) is 8. The van der Waals surface area contributed by atoms with Gasteiger partial charge in [0, 0.05) is 0 Å². The first-order valence-electron chi connectivity index (χ1n) is 7.39. The number of rotatable bonds is 11. The number of phosphoric ester groups is 1. The second kappa shape index (κ2) is 11.0. The van der Waals surface area contributed by atoms with Crippen molar-refractivity contribution in [2.75, 3.05) is 26.9 Å². The van der Waals surface area contributed by atoms with Gasteiger partial charge in [-0.2, -0.15) is 0 Å². The molecule has 0 spiro atoms. The second-order valence-electron chi connectivity index (χ2n) is 5.63. The summed E-state index contributed by atoms with van der Waals surface area (Å²) < 4.78 is 37.1. The maximum atomic E-state index is 12.4. The molecule has 0 aromatic heterocycles. The first-order valence-corrected chi connectivity index (χ1v) is 8.85. The van der Waals surface area contributed by atoms with Crippen LogP contribution in [0.3, 0.4) is 0 Å². The molecule has 0 unspecified atom stereocenters. The number of phosphoric acid groups is 1. The lowest BCUT2D eigenvalue weighted by atomic mass is 10.2. The average molecular weight is 379 g/mol. The number of carbonyl (C=O) groups is 2. The minimum absolute atomic E-state index is 0.100. The molecule has 1 amide bonds. The maximum absolute atomic E-state index is 12.4. The van der Waals surface area contributed by atoms with Crippen LogP contribution in [-0.4, -0.2) is 50.6 Å². The topological polar surface area (TPSA) is 109 Å². The van der Waals surface area contributed by atoms with Crippen LogP contribution < -0.4 is 5.32 Å². The van der Waals surface area contributed by atoms with Gasteiger partial charge in [0.15, 0.2) is 6.04 Å². The predicted octanol–water partition coefficient (Wildman–Crippen LogP) is 2.58. The molecule has 1 N–H and O–H groups in total. The Morgan fingerprint density at radius 1 is 1.12 bits per heavy atom. The zero-order chi connectivity index (χ0) is 19.5. The number of nitrogens with one attached hydrogen (secondary N) is 1. The Morgan fingerprint density at radius 2 is 1.64 bits per heavy atom. The number of amides is 1. The molecule has 1 atom stereocenters. The molecule has 25 heavy (non-hydrogen) atoms. The summed E-state index contributed by atoms with van der Waals surface area (Å²) in [6.45, 7) is 11.1. The van der Waals surface area contributed by atoms with E-state index in [1.165, 1.54) is 12.2 Å². The number of ether oxygens (including phenoxy) is 2. The molecule has 0 saturated carbocycles. The van der Waals surface area contributed by atoms with Crippen molar-refractivity contribution in [3.05, 3.63) is 25.3 Å². The molecule has 0 bridgehead atoms. The first-order chi connectivity index (χ1) is 11.6. The van der Waals surface area contributed by atoms with Crippen LogP contribution >= 0.6 is 7.82 Å². The maximum Gasteiger partial charge on any atom is 0.475 e. The Balaban J connectivity index is 4.95. The predicted molar refractivity (Wildman–Crippen MR) is 91.0 cm³/mol. The van der Waals surface area contributed by atoms with E-state index in [9.17, 15) is 14.2 Å². The molecule has 0 aliphatic rings. The van der Waals surface area contributed by atoms with Crippen molar-refractivity contribution in [1.82, 2.24) is 5.32 Å². The third-order valence-electron chi connectivity index (χ3n) is 2.28. The Labute approximate surface area is 147 Å². The minimum Gasteiger partial charge on any atom is -0.467 e. The first kappa shape index (κ1) is 23.3. The van der Waals surface area contributed by atoms with Gasteiger partial charge in [-0.15, -0.1) is 13.2 Å². The zero-order valence-corrected chi connectivity index (χ0v) is 15.9. The van der Waals surface area contributed by atoms with Crippen molar-refractivity contribution in [2.24, 2.45) is 0 Å². The lowest BCUT2D eigenvalue weighted by Gasteiger charge is -2.23. The van der Waals surface area contributed by atoms with Gasteiger partial charge in [0.2, 0.25) is 0 Å². The molecule has 0 fully saturated rings.